The lowest BCUT2D eigenvalue weighted by Crippen LogP contribution is -2.61. The molecular formula is C29H35O13+. The van der Waals surface area contributed by atoms with Gasteiger partial charge in [0.1, 0.15) is 59.3 Å². The second-order valence-corrected chi connectivity index (χ2v) is 11.0. The number of fused-ring (bicyclic) bond motifs is 1. The van der Waals surface area contributed by atoms with Gasteiger partial charge in [0.2, 0.25) is 12.0 Å². The summed E-state index contributed by atoms with van der Waals surface area (Å²) in [6.07, 6.45) is -12.6. The molecule has 2 aliphatic rings. The van der Waals surface area contributed by atoms with Gasteiger partial charge in [-0.3, -0.25) is 0 Å². The monoisotopic (exact) mass is 591 g/mol. The SMILES string of the molecule is Cc1ccc(-c2[o+]c3cc(O)cc(O)c3cc2OC2OC(COC3CC(C)C(O)C(O)C3O)C(O)C(O)C2O)cc1O. The van der Waals surface area contributed by atoms with Gasteiger partial charge in [0.05, 0.1) is 30.4 Å². The van der Waals surface area contributed by atoms with Crippen molar-refractivity contribution >= 4 is 11.0 Å². The summed E-state index contributed by atoms with van der Waals surface area (Å²) in [6.45, 7) is 3.01. The first-order chi connectivity index (χ1) is 19.8. The van der Waals surface area contributed by atoms with Gasteiger partial charge in [0.15, 0.2) is 0 Å². The van der Waals surface area contributed by atoms with Crippen molar-refractivity contribution in [3.05, 3.63) is 42.0 Å². The van der Waals surface area contributed by atoms with E-state index in [1.165, 1.54) is 18.2 Å². The third-order valence-corrected chi connectivity index (χ3v) is 7.94. The highest BCUT2D eigenvalue weighted by Crippen LogP contribution is 2.41. The number of phenols is 3. The molecule has 1 aliphatic heterocycles. The Balaban J connectivity index is 1.44. The molecule has 13 heteroatoms. The highest BCUT2D eigenvalue weighted by atomic mass is 16.7. The minimum atomic E-state index is -1.75. The van der Waals surface area contributed by atoms with E-state index in [1.54, 1.807) is 26.0 Å². The van der Waals surface area contributed by atoms with Gasteiger partial charge < -0.3 is 60.2 Å². The van der Waals surface area contributed by atoms with Crippen molar-refractivity contribution < 1.29 is 64.6 Å². The molecule has 1 saturated heterocycles. The summed E-state index contributed by atoms with van der Waals surface area (Å²) < 4.78 is 23.4. The fourth-order valence-corrected chi connectivity index (χ4v) is 5.29. The Morgan fingerprint density at radius 3 is 2.26 bits per heavy atom. The van der Waals surface area contributed by atoms with Crippen LogP contribution in [-0.4, -0.2) is 108 Å². The number of aromatic hydroxyl groups is 3. The van der Waals surface area contributed by atoms with Gasteiger partial charge in [-0.1, -0.05) is 13.0 Å². The van der Waals surface area contributed by atoms with Crippen LogP contribution in [0.3, 0.4) is 0 Å². The second kappa shape index (κ2) is 11.8. The number of rotatable bonds is 6. The van der Waals surface area contributed by atoms with Crippen molar-refractivity contribution in [2.45, 2.75) is 75.4 Å². The topological polar surface area (TPSA) is 221 Å². The Kier molecular flexibility index (Phi) is 8.47. The third-order valence-electron chi connectivity index (χ3n) is 7.94. The zero-order valence-corrected chi connectivity index (χ0v) is 22.8. The first-order valence-electron chi connectivity index (χ1n) is 13.5. The molecule has 5 rings (SSSR count). The largest absolute Gasteiger partial charge is 0.508 e. The fraction of sp³-hybridized carbons (Fsp3) is 0.483. The molecule has 0 bridgehead atoms. The van der Waals surface area contributed by atoms with Crippen molar-refractivity contribution in [3.8, 4) is 34.3 Å². The van der Waals surface area contributed by atoms with Crippen molar-refractivity contribution in [1.29, 1.82) is 0 Å². The lowest BCUT2D eigenvalue weighted by Gasteiger charge is -2.42. The quantitative estimate of drug-likeness (QED) is 0.179. The van der Waals surface area contributed by atoms with Crippen LogP contribution in [0.2, 0.25) is 0 Å². The molecule has 10 atom stereocenters. The van der Waals surface area contributed by atoms with E-state index in [-0.39, 0.29) is 58.7 Å². The minimum absolute atomic E-state index is 0.0267. The van der Waals surface area contributed by atoms with Crippen LogP contribution in [0.4, 0.5) is 0 Å². The molecule has 2 heterocycles. The first kappa shape index (κ1) is 30.2. The number of aliphatic hydroxyl groups is 6. The fourth-order valence-electron chi connectivity index (χ4n) is 5.29. The molecule has 0 radical (unpaired) electrons. The van der Waals surface area contributed by atoms with Crippen LogP contribution in [-0.2, 0) is 9.47 Å². The third kappa shape index (κ3) is 5.70. The standard InChI is InChI=1S/C29H34O13/c1-11-3-4-13(6-16(11)31)28-20(9-15-17(32)7-14(30)8-18(15)40-28)41-29-27(38)26(37)24(35)21(42-29)10-39-19-5-12(2)22(33)25(36)23(19)34/h3-4,6-9,12,19,21-27,29,33-38H,5,10H2,1-2H3,(H2-,30,31,32)/p+1. The summed E-state index contributed by atoms with van der Waals surface area (Å²) in [5.41, 5.74) is 1.00. The van der Waals surface area contributed by atoms with Crippen molar-refractivity contribution in [1.82, 2.24) is 0 Å². The van der Waals surface area contributed by atoms with Crippen LogP contribution in [0.15, 0.2) is 40.8 Å². The molecule has 2 fully saturated rings. The molecule has 42 heavy (non-hydrogen) atoms. The molecule has 10 unspecified atom stereocenters. The maximum atomic E-state index is 10.7. The predicted octanol–water partition coefficient (Wildman–Crippen LogP) is 0.500. The molecule has 2 aromatic carbocycles. The number of ether oxygens (including phenoxy) is 3. The van der Waals surface area contributed by atoms with Crippen LogP contribution in [0.1, 0.15) is 18.9 Å². The zero-order chi connectivity index (χ0) is 30.5. The Labute approximate surface area is 240 Å². The van der Waals surface area contributed by atoms with Crippen LogP contribution in [0.5, 0.6) is 23.0 Å². The molecule has 1 aliphatic carbocycles. The van der Waals surface area contributed by atoms with Crippen molar-refractivity contribution in [2.24, 2.45) is 5.92 Å². The van der Waals surface area contributed by atoms with E-state index in [0.29, 0.717) is 11.1 Å². The van der Waals surface area contributed by atoms with Gasteiger partial charge in [-0.15, -0.1) is 0 Å². The summed E-state index contributed by atoms with van der Waals surface area (Å²) in [6, 6.07) is 8.39. The minimum Gasteiger partial charge on any atom is -0.508 e. The summed E-state index contributed by atoms with van der Waals surface area (Å²) in [5.74, 6) is -1.08. The van der Waals surface area contributed by atoms with Gasteiger partial charge in [-0.05, 0) is 37.0 Å². The Bertz CT molecular complexity index is 1430. The van der Waals surface area contributed by atoms with Crippen molar-refractivity contribution in [3.63, 3.8) is 0 Å². The highest BCUT2D eigenvalue weighted by Gasteiger charge is 2.47. The lowest BCUT2D eigenvalue weighted by atomic mass is 9.82. The Morgan fingerprint density at radius 1 is 0.833 bits per heavy atom. The van der Waals surface area contributed by atoms with E-state index in [2.05, 4.69) is 0 Å². The van der Waals surface area contributed by atoms with E-state index in [9.17, 15) is 46.0 Å². The summed E-state index contributed by atoms with van der Waals surface area (Å²) in [4.78, 5) is 0. The summed E-state index contributed by atoms with van der Waals surface area (Å²) in [5, 5.41) is 93.2. The average molecular weight is 592 g/mol. The zero-order valence-electron chi connectivity index (χ0n) is 22.8. The molecule has 1 saturated carbocycles. The van der Waals surface area contributed by atoms with Gasteiger partial charge >= 0.3 is 11.3 Å². The number of hydrogen-bond donors (Lipinski definition) is 9. The Hall–Kier alpha value is -3.27. The molecule has 13 nitrogen and oxygen atoms in total. The maximum Gasteiger partial charge on any atom is 0.402 e. The van der Waals surface area contributed by atoms with Gasteiger partial charge in [-0.2, -0.15) is 0 Å². The number of aliphatic hydroxyl groups excluding tert-OH is 6. The van der Waals surface area contributed by atoms with Crippen LogP contribution in [0, 0.1) is 12.8 Å². The smallest absolute Gasteiger partial charge is 0.402 e. The maximum absolute atomic E-state index is 10.7. The van der Waals surface area contributed by atoms with Gasteiger partial charge in [-0.25, -0.2) is 4.42 Å². The molecule has 9 N–H and O–H groups in total. The summed E-state index contributed by atoms with van der Waals surface area (Å²) >= 11 is 0. The van der Waals surface area contributed by atoms with E-state index in [0.717, 1.165) is 6.07 Å². The number of aryl methyl sites for hydroxylation is 1. The second-order valence-electron chi connectivity index (χ2n) is 11.0. The van der Waals surface area contributed by atoms with E-state index in [4.69, 9.17) is 18.6 Å². The molecule has 228 valence electrons. The normalized spacial score (nSPS) is 33.5. The number of phenolic OH excluding ortho intramolecular Hbond substituents is 3. The molecule has 3 aromatic rings. The Morgan fingerprint density at radius 2 is 1.55 bits per heavy atom. The number of benzene rings is 2. The van der Waals surface area contributed by atoms with E-state index in [1.807, 2.05) is 0 Å². The van der Waals surface area contributed by atoms with E-state index >= 15 is 0 Å². The first-order valence-corrected chi connectivity index (χ1v) is 13.5. The summed E-state index contributed by atoms with van der Waals surface area (Å²) in [7, 11) is 0. The average Bonchev–Trinajstić information content (AvgIpc) is 2.95. The van der Waals surface area contributed by atoms with Gasteiger partial charge in [0, 0.05) is 12.1 Å². The number of hydrogen-bond acceptors (Lipinski definition) is 12. The van der Waals surface area contributed by atoms with Crippen molar-refractivity contribution in [2.75, 3.05) is 6.61 Å². The van der Waals surface area contributed by atoms with Crippen LogP contribution in [0.25, 0.3) is 22.3 Å². The van der Waals surface area contributed by atoms with E-state index < -0.39 is 55.1 Å². The predicted molar refractivity (Wildman–Crippen MR) is 145 cm³/mol. The highest BCUT2D eigenvalue weighted by molar-refractivity contribution is 5.88. The lowest BCUT2D eigenvalue weighted by molar-refractivity contribution is -0.285. The molecule has 0 amide bonds. The molecular weight excluding hydrogens is 556 g/mol. The van der Waals surface area contributed by atoms with Crippen LogP contribution >= 0.6 is 0 Å². The van der Waals surface area contributed by atoms with Crippen LogP contribution < -0.4 is 4.74 Å². The molecule has 0 spiro atoms. The van der Waals surface area contributed by atoms with Gasteiger partial charge in [0.25, 0.3) is 0 Å². The molecule has 1 aromatic heterocycles.